The second-order valence-electron chi connectivity index (χ2n) is 7.89. The lowest BCUT2D eigenvalue weighted by Crippen LogP contribution is -2.42. The summed E-state index contributed by atoms with van der Waals surface area (Å²) < 4.78 is 25.6. The summed E-state index contributed by atoms with van der Waals surface area (Å²) in [4.78, 5) is 17.9. The smallest absolute Gasteiger partial charge is 0.267 e. The van der Waals surface area contributed by atoms with E-state index in [1.165, 1.54) is 31.9 Å². The monoisotopic (exact) mass is 418 g/mol. The van der Waals surface area contributed by atoms with Gasteiger partial charge in [-0.25, -0.2) is 12.7 Å². The van der Waals surface area contributed by atoms with E-state index in [1.807, 2.05) is 18.2 Å². The van der Waals surface area contributed by atoms with Crippen LogP contribution in [0.5, 0.6) is 0 Å². The maximum absolute atomic E-state index is 12.7. The van der Waals surface area contributed by atoms with Crippen molar-refractivity contribution in [2.45, 2.75) is 30.7 Å². The van der Waals surface area contributed by atoms with Crippen LogP contribution in [0.1, 0.15) is 41.9 Å². The number of rotatable bonds is 7. The zero-order chi connectivity index (χ0) is 21.0. The molecule has 2 heterocycles. The molecule has 1 aliphatic rings. The molecule has 1 aromatic carbocycles. The molecule has 1 fully saturated rings. The topological polar surface area (TPSA) is 85.5 Å². The molecule has 0 bridgehead atoms. The van der Waals surface area contributed by atoms with Crippen LogP contribution in [-0.2, 0) is 10.0 Å². The zero-order valence-electron chi connectivity index (χ0n) is 17.3. The summed E-state index contributed by atoms with van der Waals surface area (Å²) in [6.07, 6.45) is 3.66. The minimum Gasteiger partial charge on any atom is -0.356 e. The number of hydrogen-bond acceptors (Lipinski definition) is 4. The molecular weight excluding hydrogens is 388 g/mol. The van der Waals surface area contributed by atoms with Crippen molar-refractivity contribution >= 4 is 15.9 Å². The Balaban J connectivity index is 1.71. The summed E-state index contributed by atoms with van der Waals surface area (Å²) in [5.41, 5.74) is 1.41. The Kier molecular flexibility index (Phi) is 6.77. The summed E-state index contributed by atoms with van der Waals surface area (Å²) in [5.74, 6) is 0.421. The fourth-order valence-electron chi connectivity index (χ4n) is 3.62. The number of hydrogen-bond donors (Lipinski definition) is 2. The Labute approximate surface area is 173 Å². The number of likely N-dealkylation sites (tertiary alicyclic amines) is 1. The van der Waals surface area contributed by atoms with Crippen molar-refractivity contribution in [3.8, 4) is 0 Å². The molecule has 3 rings (SSSR count). The molecule has 8 heteroatoms. The van der Waals surface area contributed by atoms with Crippen molar-refractivity contribution in [2.75, 3.05) is 33.7 Å². The van der Waals surface area contributed by atoms with Gasteiger partial charge in [-0.3, -0.25) is 9.69 Å². The van der Waals surface area contributed by atoms with E-state index < -0.39 is 10.0 Å². The minimum atomic E-state index is -3.57. The number of carbonyl (C=O) groups is 1. The van der Waals surface area contributed by atoms with Gasteiger partial charge in [-0.2, -0.15) is 0 Å². The van der Waals surface area contributed by atoms with Crippen LogP contribution < -0.4 is 5.32 Å². The molecule has 1 unspecified atom stereocenters. The van der Waals surface area contributed by atoms with Crippen LogP contribution in [0.25, 0.3) is 0 Å². The molecular formula is C21H30N4O3S. The van der Waals surface area contributed by atoms with E-state index in [2.05, 4.69) is 34.3 Å². The van der Waals surface area contributed by atoms with Gasteiger partial charge in [0.05, 0.1) is 6.04 Å². The number of H-pyrrole nitrogens is 1. The van der Waals surface area contributed by atoms with Gasteiger partial charge in [0.2, 0.25) is 10.0 Å². The Hall–Kier alpha value is -2.16. The van der Waals surface area contributed by atoms with Crippen molar-refractivity contribution in [1.29, 1.82) is 0 Å². The summed E-state index contributed by atoms with van der Waals surface area (Å²) in [5, 5.41) is 2.98. The largest absolute Gasteiger partial charge is 0.356 e. The van der Waals surface area contributed by atoms with Crippen LogP contribution in [0, 0.1) is 5.92 Å². The van der Waals surface area contributed by atoms with Crippen LogP contribution in [0.2, 0.25) is 0 Å². The van der Waals surface area contributed by atoms with Crippen LogP contribution in [-0.4, -0.2) is 62.2 Å². The highest BCUT2D eigenvalue weighted by Crippen LogP contribution is 2.26. The quantitative estimate of drug-likeness (QED) is 0.723. The molecule has 29 heavy (non-hydrogen) atoms. The molecule has 2 aromatic rings. The highest BCUT2D eigenvalue weighted by Gasteiger charge is 2.26. The van der Waals surface area contributed by atoms with Crippen LogP contribution >= 0.6 is 0 Å². The highest BCUT2D eigenvalue weighted by molar-refractivity contribution is 7.89. The first kappa shape index (κ1) is 21.5. The molecule has 0 spiro atoms. The lowest BCUT2D eigenvalue weighted by atomic mass is 9.95. The summed E-state index contributed by atoms with van der Waals surface area (Å²) >= 11 is 0. The van der Waals surface area contributed by atoms with Crippen molar-refractivity contribution in [3.63, 3.8) is 0 Å². The molecule has 1 amide bonds. The molecule has 1 saturated heterocycles. The second kappa shape index (κ2) is 9.11. The van der Waals surface area contributed by atoms with Gasteiger partial charge in [0.1, 0.15) is 10.6 Å². The van der Waals surface area contributed by atoms with E-state index in [9.17, 15) is 13.2 Å². The number of aromatic amines is 1. The summed E-state index contributed by atoms with van der Waals surface area (Å²) in [6.45, 7) is 4.75. The van der Waals surface area contributed by atoms with E-state index in [0.29, 0.717) is 6.54 Å². The van der Waals surface area contributed by atoms with Gasteiger partial charge in [0.25, 0.3) is 5.91 Å². The molecule has 1 atom stereocenters. The van der Waals surface area contributed by atoms with Gasteiger partial charge in [0.15, 0.2) is 0 Å². The van der Waals surface area contributed by atoms with Crippen molar-refractivity contribution < 1.29 is 13.2 Å². The first-order chi connectivity index (χ1) is 13.8. The molecule has 158 valence electrons. The Morgan fingerprint density at radius 3 is 2.52 bits per heavy atom. The average Bonchev–Trinajstić information content (AvgIpc) is 3.21. The number of nitrogens with one attached hydrogen (secondary N) is 2. The lowest BCUT2D eigenvalue weighted by molar-refractivity contribution is 0.0908. The van der Waals surface area contributed by atoms with Crippen molar-refractivity contribution in [1.82, 2.24) is 19.5 Å². The summed E-state index contributed by atoms with van der Waals surface area (Å²) in [7, 11) is -0.644. The van der Waals surface area contributed by atoms with E-state index >= 15 is 0 Å². The second-order valence-corrected chi connectivity index (χ2v) is 10.0. The normalized spacial score (nSPS) is 17.4. The molecule has 1 aromatic heterocycles. The van der Waals surface area contributed by atoms with Crippen LogP contribution in [0.15, 0.2) is 47.5 Å². The molecule has 0 radical (unpaired) electrons. The Bertz CT molecular complexity index is 916. The van der Waals surface area contributed by atoms with Gasteiger partial charge in [-0.15, -0.1) is 0 Å². The predicted octanol–water partition coefficient (Wildman–Crippen LogP) is 2.47. The molecule has 2 N–H and O–H groups in total. The van der Waals surface area contributed by atoms with Crippen LogP contribution in [0.4, 0.5) is 0 Å². The first-order valence-corrected chi connectivity index (χ1v) is 11.4. The average molecular weight is 419 g/mol. The number of carbonyl (C=O) groups excluding carboxylic acids is 1. The standard InChI is InChI=1S/C21H30N4O3S/c1-16-9-11-25(12-10-16)20(17-7-5-4-6-8-17)15-23-21(26)19-13-18(14-22-19)29(27,28)24(2)3/h4-8,13-14,16,20,22H,9-12,15H2,1-3H3,(H,23,26). The lowest BCUT2D eigenvalue weighted by Gasteiger charge is -2.37. The Morgan fingerprint density at radius 1 is 1.24 bits per heavy atom. The number of benzene rings is 1. The zero-order valence-corrected chi connectivity index (χ0v) is 18.1. The van der Waals surface area contributed by atoms with Gasteiger partial charge in [-0.05, 0) is 43.5 Å². The van der Waals surface area contributed by atoms with Gasteiger partial charge in [0, 0.05) is 26.8 Å². The number of piperidine rings is 1. The number of sulfonamides is 1. The predicted molar refractivity (Wildman–Crippen MR) is 113 cm³/mol. The Morgan fingerprint density at radius 2 is 1.90 bits per heavy atom. The SMILES string of the molecule is CC1CCN(C(CNC(=O)c2cc(S(=O)(=O)N(C)C)c[nH]2)c2ccccc2)CC1. The van der Waals surface area contributed by atoms with E-state index in [4.69, 9.17) is 0 Å². The van der Waals surface area contributed by atoms with Gasteiger partial charge < -0.3 is 10.3 Å². The fourth-order valence-corrected chi connectivity index (χ4v) is 4.52. The summed E-state index contributed by atoms with van der Waals surface area (Å²) in [6, 6.07) is 11.7. The third-order valence-electron chi connectivity index (χ3n) is 5.58. The molecule has 7 nitrogen and oxygen atoms in total. The molecule has 0 saturated carbocycles. The maximum atomic E-state index is 12.7. The first-order valence-electron chi connectivity index (χ1n) is 9.97. The number of amides is 1. The molecule has 0 aliphatic carbocycles. The fraction of sp³-hybridized carbons (Fsp3) is 0.476. The third-order valence-corrected chi connectivity index (χ3v) is 7.37. The minimum absolute atomic E-state index is 0.0808. The maximum Gasteiger partial charge on any atom is 0.267 e. The number of nitrogens with zero attached hydrogens (tertiary/aromatic N) is 2. The number of aromatic nitrogens is 1. The van der Waals surface area contributed by atoms with E-state index in [0.717, 1.165) is 36.2 Å². The van der Waals surface area contributed by atoms with Crippen molar-refractivity contribution in [2.24, 2.45) is 5.92 Å². The molecule has 1 aliphatic heterocycles. The van der Waals surface area contributed by atoms with Crippen molar-refractivity contribution in [3.05, 3.63) is 53.9 Å². The highest BCUT2D eigenvalue weighted by atomic mass is 32.2. The van der Waals surface area contributed by atoms with Gasteiger partial charge in [-0.1, -0.05) is 37.3 Å². The third kappa shape index (κ3) is 5.07. The van der Waals surface area contributed by atoms with Crippen LogP contribution in [0.3, 0.4) is 0 Å². The van der Waals surface area contributed by atoms with E-state index in [-0.39, 0.29) is 22.5 Å². The van der Waals surface area contributed by atoms with E-state index in [1.54, 1.807) is 0 Å². The van der Waals surface area contributed by atoms with Gasteiger partial charge >= 0.3 is 0 Å².